The van der Waals surface area contributed by atoms with Crippen LogP contribution in [0.15, 0.2) is 5.38 Å². The van der Waals surface area contributed by atoms with Crippen LogP contribution in [0.25, 0.3) is 0 Å². The first kappa shape index (κ1) is 9.54. The molecule has 0 saturated carbocycles. The molecule has 3 nitrogen and oxygen atoms in total. The maximum Gasteiger partial charge on any atom is 0.309 e. The highest BCUT2D eigenvalue weighted by molar-refractivity contribution is 7.97. The predicted molar refractivity (Wildman–Crippen MR) is 50.7 cm³/mol. The number of thiazole rings is 1. The van der Waals surface area contributed by atoms with Crippen LogP contribution in [0.5, 0.6) is 0 Å². The molecule has 0 bridgehead atoms. The van der Waals surface area contributed by atoms with Gasteiger partial charge >= 0.3 is 5.97 Å². The van der Waals surface area contributed by atoms with Gasteiger partial charge in [-0.15, -0.1) is 11.3 Å². The zero-order valence-corrected chi connectivity index (χ0v) is 8.24. The van der Waals surface area contributed by atoms with Gasteiger partial charge in [-0.25, -0.2) is 4.98 Å². The Labute approximate surface area is 78.8 Å². The molecular formula is C7H9NO2S2. The van der Waals surface area contributed by atoms with Crippen molar-refractivity contribution < 1.29 is 9.90 Å². The smallest absolute Gasteiger partial charge is 0.309 e. The minimum atomic E-state index is -0.823. The summed E-state index contributed by atoms with van der Waals surface area (Å²) in [5.74, 6) is 0.0422. The Morgan fingerprint density at radius 1 is 1.83 bits per heavy atom. The quantitative estimate of drug-likeness (QED) is 0.808. The fourth-order valence-corrected chi connectivity index (χ4v) is 2.29. The lowest BCUT2D eigenvalue weighted by molar-refractivity contribution is -0.136. The molecule has 0 aliphatic rings. The maximum absolute atomic E-state index is 10.3. The van der Waals surface area contributed by atoms with E-state index in [-0.39, 0.29) is 6.42 Å². The second-order valence-electron chi connectivity index (χ2n) is 2.24. The molecule has 0 aliphatic heterocycles. The number of carboxylic acids is 1. The number of aromatic nitrogens is 1. The lowest BCUT2D eigenvalue weighted by atomic mass is 10.3. The summed E-state index contributed by atoms with van der Waals surface area (Å²) in [7, 11) is 0. The molecule has 1 aromatic rings. The lowest BCUT2D eigenvalue weighted by Crippen LogP contribution is -2.00. The zero-order chi connectivity index (χ0) is 8.97. The second kappa shape index (κ2) is 4.47. The topological polar surface area (TPSA) is 50.2 Å². The van der Waals surface area contributed by atoms with Crippen molar-refractivity contribution in [2.45, 2.75) is 12.2 Å². The van der Waals surface area contributed by atoms with Crippen molar-refractivity contribution in [3.63, 3.8) is 0 Å². The fraction of sp³-hybridized carbons (Fsp3) is 0.429. The van der Waals surface area contributed by atoms with Gasteiger partial charge in [-0.2, -0.15) is 11.8 Å². The van der Waals surface area contributed by atoms with E-state index in [1.54, 1.807) is 17.1 Å². The van der Waals surface area contributed by atoms with E-state index in [0.29, 0.717) is 5.69 Å². The van der Waals surface area contributed by atoms with E-state index in [4.69, 9.17) is 5.11 Å². The van der Waals surface area contributed by atoms with Gasteiger partial charge in [0, 0.05) is 11.1 Å². The Bertz CT molecular complexity index is 272. The lowest BCUT2D eigenvalue weighted by Gasteiger charge is -1.88. The molecule has 0 fully saturated rings. The summed E-state index contributed by atoms with van der Waals surface area (Å²) in [5.41, 5.74) is 0.663. The van der Waals surface area contributed by atoms with E-state index in [2.05, 4.69) is 4.98 Å². The van der Waals surface area contributed by atoms with E-state index in [1.807, 2.05) is 6.26 Å². The number of nitrogens with zero attached hydrogens (tertiary/aromatic N) is 1. The molecular weight excluding hydrogens is 194 g/mol. The van der Waals surface area contributed by atoms with Gasteiger partial charge < -0.3 is 5.11 Å². The molecule has 0 spiro atoms. The van der Waals surface area contributed by atoms with Gasteiger partial charge in [0.2, 0.25) is 0 Å². The molecule has 0 radical (unpaired) electrons. The van der Waals surface area contributed by atoms with Gasteiger partial charge in [0.05, 0.1) is 12.1 Å². The average Bonchev–Trinajstić information content (AvgIpc) is 2.36. The molecule has 12 heavy (non-hydrogen) atoms. The molecule has 1 N–H and O–H groups in total. The molecule has 1 heterocycles. The third kappa shape index (κ3) is 2.83. The zero-order valence-electron chi connectivity index (χ0n) is 6.61. The number of aliphatic carboxylic acids is 1. The van der Waals surface area contributed by atoms with Gasteiger partial charge in [0.15, 0.2) is 0 Å². The SMILES string of the molecule is CSCc1nc(CC(=O)O)cs1. The van der Waals surface area contributed by atoms with Crippen molar-refractivity contribution in [1.82, 2.24) is 4.98 Å². The number of rotatable bonds is 4. The van der Waals surface area contributed by atoms with Gasteiger partial charge in [0.1, 0.15) is 5.01 Å². The van der Waals surface area contributed by atoms with E-state index in [0.717, 1.165) is 10.8 Å². The van der Waals surface area contributed by atoms with Crippen molar-refractivity contribution in [3.05, 3.63) is 16.1 Å². The van der Waals surface area contributed by atoms with Crippen LogP contribution in [0.3, 0.4) is 0 Å². The summed E-state index contributed by atoms with van der Waals surface area (Å²) >= 11 is 3.21. The number of hydrogen-bond acceptors (Lipinski definition) is 4. The molecule has 0 atom stereocenters. The Hall–Kier alpha value is -0.550. The van der Waals surface area contributed by atoms with Crippen molar-refractivity contribution in [3.8, 4) is 0 Å². The standard InChI is InChI=1S/C7H9NO2S2/c1-11-4-6-8-5(3-12-6)2-7(9)10/h3H,2,4H2,1H3,(H,9,10). The number of carboxylic acid groups (broad SMARTS) is 1. The molecule has 66 valence electrons. The van der Waals surface area contributed by atoms with Gasteiger partial charge in [-0.3, -0.25) is 4.79 Å². The first-order valence-corrected chi connectivity index (χ1v) is 5.63. The van der Waals surface area contributed by atoms with Crippen molar-refractivity contribution in [2.75, 3.05) is 6.26 Å². The van der Waals surface area contributed by atoms with E-state index in [1.165, 1.54) is 11.3 Å². The second-order valence-corrected chi connectivity index (χ2v) is 4.04. The minimum absolute atomic E-state index is 0.0326. The molecule has 0 amide bonds. The normalized spacial score (nSPS) is 10.1. The fourth-order valence-electron chi connectivity index (χ4n) is 0.775. The van der Waals surface area contributed by atoms with Crippen LogP contribution in [0.4, 0.5) is 0 Å². The number of carbonyl (C=O) groups is 1. The summed E-state index contributed by atoms with van der Waals surface area (Å²) in [6.45, 7) is 0. The monoisotopic (exact) mass is 203 g/mol. The van der Waals surface area contributed by atoms with Crippen LogP contribution in [0.2, 0.25) is 0 Å². The molecule has 0 unspecified atom stereocenters. The van der Waals surface area contributed by atoms with E-state index >= 15 is 0 Å². The maximum atomic E-state index is 10.3. The number of thioether (sulfide) groups is 1. The molecule has 0 saturated heterocycles. The summed E-state index contributed by atoms with van der Waals surface area (Å²) in [5, 5.41) is 11.3. The third-order valence-corrected chi connectivity index (χ3v) is 2.84. The van der Waals surface area contributed by atoms with E-state index in [9.17, 15) is 4.79 Å². The molecule has 5 heteroatoms. The van der Waals surface area contributed by atoms with Crippen LogP contribution in [-0.4, -0.2) is 22.3 Å². The summed E-state index contributed by atoms with van der Waals surface area (Å²) < 4.78 is 0. The summed E-state index contributed by atoms with van der Waals surface area (Å²) in [6.07, 6.45) is 2.03. The Kier molecular flexibility index (Phi) is 3.55. The Balaban J connectivity index is 2.58. The van der Waals surface area contributed by atoms with Crippen LogP contribution >= 0.6 is 23.1 Å². The highest BCUT2D eigenvalue weighted by Gasteiger charge is 2.04. The van der Waals surface area contributed by atoms with Crippen molar-refractivity contribution in [1.29, 1.82) is 0 Å². The molecule has 1 aromatic heterocycles. The Morgan fingerprint density at radius 2 is 2.58 bits per heavy atom. The minimum Gasteiger partial charge on any atom is -0.481 e. The molecule has 0 aromatic carbocycles. The first-order valence-electron chi connectivity index (χ1n) is 3.36. The highest BCUT2D eigenvalue weighted by atomic mass is 32.2. The van der Waals surface area contributed by atoms with Crippen molar-refractivity contribution >= 4 is 29.1 Å². The third-order valence-electron chi connectivity index (χ3n) is 1.20. The summed E-state index contributed by atoms with van der Waals surface area (Å²) in [6, 6.07) is 0. The van der Waals surface area contributed by atoms with Gasteiger partial charge in [0.25, 0.3) is 0 Å². The van der Waals surface area contributed by atoms with Crippen molar-refractivity contribution in [2.24, 2.45) is 0 Å². The highest BCUT2D eigenvalue weighted by Crippen LogP contribution is 2.15. The van der Waals surface area contributed by atoms with Gasteiger partial charge in [-0.1, -0.05) is 0 Å². The molecule has 0 aliphatic carbocycles. The average molecular weight is 203 g/mol. The van der Waals surface area contributed by atoms with Crippen LogP contribution in [-0.2, 0) is 17.0 Å². The summed E-state index contributed by atoms with van der Waals surface area (Å²) in [4.78, 5) is 14.5. The van der Waals surface area contributed by atoms with E-state index < -0.39 is 5.97 Å². The molecule has 1 rings (SSSR count). The van der Waals surface area contributed by atoms with Gasteiger partial charge in [-0.05, 0) is 6.26 Å². The predicted octanol–water partition coefficient (Wildman–Crippen LogP) is 1.63. The largest absolute Gasteiger partial charge is 0.481 e. The van der Waals surface area contributed by atoms with Crippen LogP contribution < -0.4 is 0 Å². The number of hydrogen-bond donors (Lipinski definition) is 1. The van der Waals surface area contributed by atoms with Crippen LogP contribution in [0, 0.1) is 0 Å². The first-order chi connectivity index (χ1) is 5.72. The Morgan fingerprint density at radius 3 is 3.17 bits per heavy atom. The van der Waals surface area contributed by atoms with Crippen LogP contribution in [0.1, 0.15) is 10.7 Å².